The Bertz CT molecular complexity index is 685. The summed E-state index contributed by atoms with van der Waals surface area (Å²) in [4.78, 5) is 16.0. The van der Waals surface area contributed by atoms with Crippen molar-refractivity contribution in [3.05, 3.63) is 64.5 Å². The fraction of sp³-hybridized carbons (Fsp3) is 0.125. The van der Waals surface area contributed by atoms with Crippen LogP contribution in [0.25, 0.3) is 5.57 Å². The van der Waals surface area contributed by atoms with Crippen LogP contribution >= 0.6 is 23.2 Å². The number of ether oxygens (including phenoxy) is 1. The van der Waals surface area contributed by atoms with Gasteiger partial charge in [0.25, 0.3) is 0 Å². The maximum Gasteiger partial charge on any atom is 0.340 e. The first kappa shape index (κ1) is 16.3. The van der Waals surface area contributed by atoms with Crippen molar-refractivity contribution in [2.24, 2.45) is 0 Å². The Labute approximate surface area is 138 Å². The second kappa shape index (κ2) is 7.82. The number of anilines is 1. The molecule has 0 atom stereocenters. The molecule has 1 aromatic carbocycles. The average molecular weight is 337 g/mol. The predicted molar refractivity (Wildman–Crippen MR) is 88.9 cm³/mol. The molecule has 114 valence electrons. The summed E-state index contributed by atoms with van der Waals surface area (Å²) in [5.41, 5.74) is 1.82. The Morgan fingerprint density at radius 1 is 1.27 bits per heavy atom. The first-order valence-corrected chi connectivity index (χ1v) is 7.37. The third-order valence-electron chi connectivity index (χ3n) is 2.76. The SMILES string of the molecule is CCOC(=O)C(=CNc1ccnc(Cl)c1)c1ccc(Cl)cc1. The van der Waals surface area contributed by atoms with Gasteiger partial charge in [-0.15, -0.1) is 0 Å². The van der Waals surface area contributed by atoms with Gasteiger partial charge in [0.15, 0.2) is 0 Å². The van der Waals surface area contributed by atoms with Crippen LogP contribution < -0.4 is 5.32 Å². The average Bonchev–Trinajstić information content (AvgIpc) is 2.49. The zero-order valence-corrected chi connectivity index (χ0v) is 13.4. The second-order valence-corrected chi connectivity index (χ2v) is 5.12. The second-order valence-electron chi connectivity index (χ2n) is 4.30. The van der Waals surface area contributed by atoms with Crippen LogP contribution in [-0.4, -0.2) is 17.6 Å². The van der Waals surface area contributed by atoms with Crippen molar-refractivity contribution in [3.8, 4) is 0 Å². The van der Waals surface area contributed by atoms with Crippen LogP contribution in [0.1, 0.15) is 12.5 Å². The highest BCUT2D eigenvalue weighted by Gasteiger charge is 2.13. The normalized spacial score (nSPS) is 11.1. The smallest absolute Gasteiger partial charge is 0.340 e. The number of nitrogens with one attached hydrogen (secondary N) is 1. The zero-order valence-electron chi connectivity index (χ0n) is 11.8. The minimum Gasteiger partial charge on any atom is -0.462 e. The molecule has 0 aliphatic carbocycles. The summed E-state index contributed by atoms with van der Waals surface area (Å²) < 4.78 is 5.08. The first-order chi connectivity index (χ1) is 10.6. The lowest BCUT2D eigenvalue weighted by molar-refractivity contribution is -0.136. The van der Waals surface area contributed by atoms with Crippen molar-refractivity contribution in [1.29, 1.82) is 0 Å². The lowest BCUT2D eigenvalue weighted by Gasteiger charge is -2.09. The molecule has 22 heavy (non-hydrogen) atoms. The summed E-state index contributed by atoms with van der Waals surface area (Å²) in [5, 5.41) is 3.98. The molecule has 0 aliphatic heterocycles. The van der Waals surface area contributed by atoms with Crippen LogP contribution in [-0.2, 0) is 9.53 Å². The summed E-state index contributed by atoms with van der Waals surface area (Å²) in [7, 11) is 0. The van der Waals surface area contributed by atoms with E-state index in [2.05, 4.69) is 10.3 Å². The Balaban J connectivity index is 2.29. The molecule has 1 aromatic heterocycles. The summed E-state index contributed by atoms with van der Waals surface area (Å²) in [5.74, 6) is -0.419. The lowest BCUT2D eigenvalue weighted by atomic mass is 10.1. The van der Waals surface area contributed by atoms with Crippen LogP contribution in [0.2, 0.25) is 10.2 Å². The highest BCUT2D eigenvalue weighted by Crippen LogP contribution is 2.20. The van der Waals surface area contributed by atoms with E-state index in [4.69, 9.17) is 27.9 Å². The molecule has 1 N–H and O–H groups in total. The van der Waals surface area contributed by atoms with Gasteiger partial charge in [-0.1, -0.05) is 35.3 Å². The van der Waals surface area contributed by atoms with Crippen LogP contribution in [0.3, 0.4) is 0 Å². The van der Waals surface area contributed by atoms with E-state index in [9.17, 15) is 4.79 Å². The number of aromatic nitrogens is 1. The number of esters is 1. The van der Waals surface area contributed by atoms with Crippen LogP contribution in [0.15, 0.2) is 48.8 Å². The number of nitrogens with zero attached hydrogens (tertiary/aromatic N) is 1. The minimum absolute atomic E-state index is 0.296. The molecule has 0 bridgehead atoms. The molecule has 4 nitrogen and oxygen atoms in total. The number of hydrogen-bond acceptors (Lipinski definition) is 4. The number of hydrogen-bond donors (Lipinski definition) is 1. The summed E-state index contributed by atoms with van der Waals surface area (Å²) >= 11 is 11.7. The van der Waals surface area contributed by atoms with E-state index < -0.39 is 5.97 Å². The topological polar surface area (TPSA) is 51.2 Å². The standard InChI is InChI=1S/C16H14Cl2N2O2/c1-2-22-16(21)14(11-3-5-12(17)6-4-11)10-20-13-7-8-19-15(18)9-13/h3-10H,2H2,1H3,(H,19,20). The van der Waals surface area contributed by atoms with E-state index in [1.807, 2.05) is 0 Å². The van der Waals surface area contributed by atoms with E-state index in [0.717, 1.165) is 5.69 Å². The van der Waals surface area contributed by atoms with Gasteiger partial charge in [0.2, 0.25) is 0 Å². The molecule has 6 heteroatoms. The highest BCUT2D eigenvalue weighted by atomic mass is 35.5. The third-order valence-corrected chi connectivity index (χ3v) is 3.22. The molecule has 0 radical (unpaired) electrons. The lowest BCUT2D eigenvalue weighted by Crippen LogP contribution is -2.08. The van der Waals surface area contributed by atoms with E-state index >= 15 is 0 Å². The fourth-order valence-corrected chi connectivity index (χ4v) is 2.05. The number of carbonyl (C=O) groups excluding carboxylic acids is 1. The van der Waals surface area contributed by atoms with Crippen molar-refractivity contribution in [1.82, 2.24) is 4.98 Å². The van der Waals surface area contributed by atoms with Gasteiger partial charge >= 0.3 is 5.97 Å². The van der Waals surface area contributed by atoms with E-state index in [-0.39, 0.29) is 0 Å². The maximum atomic E-state index is 12.1. The third kappa shape index (κ3) is 4.48. The van der Waals surface area contributed by atoms with E-state index in [1.165, 1.54) is 0 Å². The van der Waals surface area contributed by atoms with Gasteiger partial charge in [-0.25, -0.2) is 9.78 Å². The monoisotopic (exact) mass is 336 g/mol. The zero-order chi connectivity index (χ0) is 15.9. The molecular weight excluding hydrogens is 323 g/mol. The highest BCUT2D eigenvalue weighted by molar-refractivity contribution is 6.30. The van der Waals surface area contributed by atoms with Crippen molar-refractivity contribution in [2.75, 3.05) is 11.9 Å². The van der Waals surface area contributed by atoms with Crippen molar-refractivity contribution >= 4 is 40.4 Å². The Morgan fingerprint density at radius 2 is 2.00 bits per heavy atom. The Kier molecular flexibility index (Phi) is 5.81. The van der Waals surface area contributed by atoms with Crippen molar-refractivity contribution in [2.45, 2.75) is 6.92 Å². The van der Waals surface area contributed by atoms with Gasteiger partial charge in [0.1, 0.15) is 5.15 Å². The largest absolute Gasteiger partial charge is 0.462 e. The molecule has 2 aromatic rings. The number of halogens is 2. The predicted octanol–water partition coefficient (Wildman–Crippen LogP) is 4.40. The molecule has 0 amide bonds. The number of benzene rings is 1. The summed E-state index contributed by atoms with van der Waals surface area (Å²) in [6, 6.07) is 10.3. The van der Waals surface area contributed by atoms with Gasteiger partial charge in [-0.3, -0.25) is 0 Å². The van der Waals surface area contributed by atoms with Gasteiger partial charge in [-0.2, -0.15) is 0 Å². The molecular formula is C16H14Cl2N2O2. The van der Waals surface area contributed by atoms with Crippen LogP contribution in [0.4, 0.5) is 5.69 Å². The molecule has 1 heterocycles. The van der Waals surface area contributed by atoms with Gasteiger partial charge in [0.05, 0.1) is 12.2 Å². The molecule has 0 unspecified atom stereocenters. The van der Waals surface area contributed by atoms with Crippen LogP contribution in [0, 0.1) is 0 Å². The van der Waals surface area contributed by atoms with Gasteiger partial charge in [-0.05, 0) is 36.8 Å². The molecule has 0 fully saturated rings. The van der Waals surface area contributed by atoms with Crippen LogP contribution in [0.5, 0.6) is 0 Å². The number of carbonyl (C=O) groups is 1. The number of pyridine rings is 1. The Hall–Kier alpha value is -2.04. The minimum atomic E-state index is -0.419. The quantitative estimate of drug-likeness (QED) is 0.499. The molecule has 0 saturated carbocycles. The van der Waals surface area contributed by atoms with Gasteiger partial charge < -0.3 is 10.1 Å². The van der Waals surface area contributed by atoms with Crippen molar-refractivity contribution < 1.29 is 9.53 Å². The van der Waals surface area contributed by atoms with E-state index in [1.54, 1.807) is 55.7 Å². The van der Waals surface area contributed by atoms with Gasteiger partial charge in [0, 0.05) is 23.1 Å². The summed E-state index contributed by atoms with van der Waals surface area (Å²) in [6.45, 7) is 2.05. The van der Waals surface area contributed by atoms with E-state index in [0.29, 0.717) is 27.9 Å². The fourth-order valence-electron chi connectivity index (χ4n) is 1.75. The molecule has 2 rings (SSSR count). The first-order valence-electron chi connectivity index (χ1n) is 6.61. The Morgan fingerprint density at radius 3 is 2.64 bits per heavy atom. The maximum absolute atomic E-state index is 12.1. The molecule has 0 aliphatic rings. The molecule has 0 saturated heterocycles. The molecule has 0 spiro atoms. The van der Waals surface area contributed by atoms with Crippen molar-refractivity contribution in [3.63, 3.8) is 0 Å². The number of rotatable bonds is 5. The summed E-state index contributed by atoms with van der Waals surface area (Å²) in [6.07, 6.45) is 3.15.